The molecule has 0 heterocycles. The van der Waals surface area contributed by atoms with Crippen LogP contribution in [0, 0.1) is 0 Å². The van der Waals surface area contributed by atoms with E-state index >= 15 is 0 Å². The van der Waals surface area contributed by atoms with Gasteiger partial charge in [-0.15, -0.1) is 0 Å². The van der Waals surface area contributed by atoms with Crippen molar-refractivity contribution >= 4 is 35.4 Å². The molecular weight excluding hydrogens is 376 g/mol. The number of ether oxygens (including phenoxy) is 1. The number of carbonyl (C=O) groups excluding carboxylic acids is 1. The van der Waals surface area contributed by atoms with Crippen LogP contribution in [0.2, 0.25) is 5.02 Å². The highest BCUT2D eigenvalue weighted by Crippen LogP contribution is 2.32. The summed E-state index contributed by atoms with van der Waals surface area (Å²) in [6, 6.07) is 24.6. The van der Waals surface area contributed by atoms with Crippen molar-refractivity contribution in [3.05, 3.63) is 89.5 Å². The standard InChI is InChI=1S/C23H19ClO2S/c1-2-26-23(25)15-11-19-10-14-21(16-22(19)24)27-20-12-8-18(9-13-20)17-6-4-3-5-7-17/h3-16H,2H2,1H3/b15-11+. The number of halogens is 1. The molecule has 3 aromatic carbocycles. The van der Waals surface area contributed by atoms with E-state index in [9.17, 15) is 4.79 Å². The Morgan fingerprint density at radius 2 is 1.63 bits per heavy atom. The van der Waals surface area contributed by atoms with Crippen molar-refractivity contribution in [3.8, 4) is 11.1 Å². The Balaban J connectivity index is 1.69. The van der Waals surface area contributed by atoms with Gasteiger partial charge in [0.25, 0.3) is 0 Å². The Kier molecular flexibility index (Phi) is 6.74. The monoisotopic (exact) mass is 394 g/mol. The zero-order chi connectivity index (χ0) is 19.1. The quantitative estimate of drug-likeness (QED) is 0.342. The van der Waals surface area contributed by atoms with Gasteiger partial charge in [-0.1, -0.05) is 71.9 Å². The molecule has 2 nitrogen and oxygen atoms in total. The number of esters is 1. The summed E-state index contributed by atoms with van der Waals surface area (Å²) in [7, 11) is 0. The normalized spacial score (nSPS) is 10.9. The summed E-state index contributed by atoms with van der Waals surface area (Å²) in [5.41, 5.74) is 3.18. The molecular formula is C23H19ClO2S. The van der Waals surface area contributed by atoms with Gasteiger partial charge in [-0.2, -0.15) is 0 Å². The Hall–Kier alpha value is -2.49. The molecule has 136 valence electrons. The number of carbonyl (C=O) groups is 1. The SMILES string of the molecule is CCOC(=O)/C=C/c1ccc(Sc2ccc(-c3ccccc3)cc2)cc1Cl. The maximum absolute atomic E-state index is 11.4. The summed E-state index contributed by atoms with van der Waals surface area (Å²) in [6.45, 7) is 2.13. The highest BCUT2D eigenvalue weighted by Gasteiger charge is 2.04. The van der Waals surface area contributed by atoms with Crippen LogP contribution in [-0.4, -0.2) is 12.6 Å². The summed E-state index contributed by atoms with van der Waals surface area (Å²) in [5, 5.41) is 0.599. The molecule has 0 aliphatic heterocycles. The molecule has 0 amide bonds. The van der Waals surface area contributed by atoms with Gasteiger partial charge < -0.3 is 4.74 Å². The second-order valence-electron chi connectivity index (χ2n) is 5.76. The largest absolute Gasteiger partial charge is 0.463 e. The summed E-state index contributed by atoms with van der Waals surface area (Å²) in [4.78, 5) is 13.6. The van der Waals surface area contributed by atoms with Crippen LogP contribution in [-0.2, 0) is 9.53 Å². The van der Waals surface area contributed by atoms with Crippen LogP contribution >= 0.6 is 23.4 Å². The number of hydrogen-bond acceptors (Lipinski definition) is 3. The Morgan fingerprint density at radius 1 is 0.963 bits per heavy atom. The molecule has 0 saturated heterocycles. The van der Waals surface area contributed by atoms with E-state index in [-0.39, 0.29) is 5.97 Å². The molecule has 3 aromatic rings. The van der Waals surface area contributed by atoms with E-state index in [1.54, 1.807) is 24.8 Å². The van der Waals surface area contributed by atoms with Crippen molar-refractivity contribution in [1.29, 1.82) is 0 Å². The van der Waals surface area contributed by atoms with E-state index in [0.717, 1.165) is 15.4 Å². The van der Waals surface area contributed by atoms with Crippen LogP contribution in [0.1, 0.15) is 12.5 Å². The molecule has 27 heavy (non-hydrogen) atoms. The second-order valence-corrected chi connectivity index (χ2v) is 7.32. The lowest BCUT2D eigenvalue weighted by Crippen LogP contribution is -1.98. The maximum atomic E-state index is 11.4. The van der Waals surface area contributed by atoms with Gasteiger partial charge in [-0.25, -0.2) is 4.79 Å². The first kappa shape index (κ1) is 19.3. The highest BCUT2D eigenvalue weighted by molar-refractivity contribution is 7.99. The van der Waals surface area contributed by atoms with E-state index in [1.807, 2.05) is 36.4 Å². The minimum absolute atomic E-state index is 0.357. The fourth-order valence-corrected chi connectivity index (χ4v) is 3.70. The molecule has 0 aromatic heterocycles. The first-order valence-corrected chi connectivity index (χ1v) is 9.83. The van der Waals surface area contributed by atoms with Gasteiger partial charge in [0.15, 0.2) is 0 Å². The van der Waals surface area contributed by atoms with Crippen molar-refractivity contribution in [2.24, 2.45) is 0 Å². The van der Waals surface area contributed by atoms with Gasteiger partial charge >= 0.3 is 5.97 Å². The van der Waals surface area contributed by atoms with Crippen LogP contribution in [0.3, 0.4) is 0 Å². The average Bonchev–Trinajstić information content (AvgIpc) is 2.69. The van der Waals surface area contributed by atoms with E-state index in [2.05, 4.69) is 36.4 Å². The molecule has 0 atom stereocenters. The van der Waals surface area contributed by atoms with Crippen molar-refractivity contribution in [3.63, 3.8) is 0 Å². The fraction of sp³-hybridized carbons (Fsp3) is 0.0870. The zero-order valence-corrected chi connectivity index (χ0v) is 16.5. The van der Waals surface area contributed by atoms with Gasteiger partial charge in [0, 0.05) is 20.9 Å². The first-order chi connectivity index (χ1) is 13.2. The van der Waals surface area contributed by atoms with Gasteiger partial charge in [0.05, 0.1) is 6.61 Å². The topological polar surface area (TPSA) is 26.3 Å². The summed E-state index contributed by atoms with van der Waals surface area (Å²) in [5.74, 6) is -0.370. The van der Waals surface area contributed by atoms with Crippen LogP contribution in [0.4, 0.5) is 0 Å². The molecule has 0 saturated carbocycles. The predicted molar refractivity (Wildman–Crippen MR) is 113 cm³/mol. The summed E-state index contributed by atoms with van der Waals surface area (Å²) < 4.78 is 4.87. The second kappa shape index (κ2) is 9.45. The molecule has 0 radical (unpaired) electrons. The molecule has 0 fully saturated rings. The third-order valence-electron chi connectivity index (χ3n) is 3.85. The summed E-state index contributed by atoms with van der Waals surface area (Å²) in [6.07, 6.45) is 3.06. The van der Waals surface area contributed by atoms with Gasteiger partial charge in [0.1, 0.15) is 0 Å². The minimum Gasteiger partial charge on any atom is -0.463 e. The smallest absolute Gasteiger partial charge is 0.330 e. The van der Waals surface area contributed by atoms with E-state index in [1.165, 1.54) is 17.2 Å². The van der Waals surface area contributed by atoms with E-state index in [4.69, 9.17) is 16.3 Å². The van der Waals surface area contributed by atoms with Crippen molar-refractivity contribution in [2.75, 3.05) is 6.61 Å². The minimum atomic E-state index is -0.370. The molecule has 4 heteroatoms. The van der Waals surface area contributed by atoms with E-state index < -0.39 is 0 Å². The zero-order valence-electron chi connectivity index (χ0n) is 14.9. The van der Waals surface area contributed by atoms with Crippen LogP contribution < -0.4 is 0 Å². The van der Waals surface area contributed by atoms with Crippen LogP contribution in [0.5, 0.6) is 0 Å². The number of rotatable bonds is 6. The van der Waals surface area contributed by atoms with Crippen molar-refractivity contribution in [1.82, 2.24) is 0 Å². The molecule has 0 N–H and O–H groups in total. The lowest BCUT2D eigenvalue weighted by Gasteiger charge is -2.06. The number of hydrogen-bond donors (Lipinski definition) is 0. The molecule has 0 bridgehead atoms. The lowest BCUT2D eigenvalue weighted by molar-refractivity contribution is -0.137. The van der Waals surface area contributed by atoms with Gasteiger partial charge in [-0.05, 0) is 54.0 Å². The average molecular weight is 395 g/mol. The molecule has 0 aliphatic rings. The first-order valence-electron chi connectivity index (χ1n) is 8.63. The van der Waals surface area contributed by atoms with Crippen LogP contribution in [0.25, 0.3) is 17.2 Å². The third-order valence-corrected chi connectivity index (χ3v) is 5.18. The molecule has 3 rings (SSSR count). The molecule has 0 spiro atoms. The van der Waals surface area contributed by atoms with Gasteiger partial charge in [0.2, 0.25) is 0 Å². The third kappa shape index (κ3) is 5.49. The Labute approximate surface area is 168 Å². The predicted octanol–water partition coefficient (Wildman–Crippen LogP) is 6.73. The van der Waals surface area contributed by atoms with Crippen LogP contribution in [0.15, 0.2) is 88.7 Å². The molecule has 0 unspecified atom stereocenters. The lowest BCUT2D eigenvalue weighted by atomic mass is 10.1. The summed E-state index contributed by atoms with van der Waals surface area (Å²) >= 11 is 7.99. The van der Waals surface area contributed by atoms with Gasteiger partial charge in [-0.3, -0.25) is 0 Å². The fourth-order valence-electron chi connectivity index (χ4n) is 2.54. The highest BCUT2D eigenvalue weighted by atomic mass is 35.5. The Morgan fingerprint density at radius 3 is 2.30 bits per heavy atom. The molecule has 0 aliphatic carbocycles. The van der Waals surface area contributed by atoms with Crippen molar-refractivity contribution in [2.45, 2.75) is 16.7 Å². The van der Waals surface area contributed by atoms with E-state index in [0.29, 0.717) is 11.6 Å². The Bertz CT molecular complexity index is 934. The van der Waals surface area contributed by atoms with Crippen molar-refractivity contribution < 1.29 is 9.53 Å². The number of benzene rings is 3. The maximum Gasteiger partial charge on any atom is 0.330 e.